The van der Waals surface area contributed by atoms with Crippen LogP contribution in [0.4, 0.5) is 0 Å². The van der Waals surface area contributed by atoms with E-state index in [0.29, 0.717) is 10.6 Å². The standard InChI is InChI=1S/C19H15ClINO2/c1-11-16(19(23)24)17(13-4-3-5-15(21)10-13)18(22(11)2)12-6-8-14(20)9-7-12/h3-10H,1-2H3,(H,23,24). The molecule has 1 heterocycles. The lowest BCUT2D eigenvalue weighted by Crippen LogP contribution is -2.00. The van der Waals surface area contributed by atoms with E-state index in [0.717, 1.165) is 31.6 Å². The maximum atomic E-state index is 11.9. The van der Waals surface area contributed by atoms with Crippen LogP contribution in [0.1, 0.15) is 16.1 Å². The highest BCUT2D eigenvalue weighted by Crippen LogP contribution is 2.39. The molecule has 0 radical (unpaired) electrons. The van der Waals surface area contributed by atoms with Gasteiger partial charge in [-0.05, 0) is 64.9 Å². The van der Waals surface area contributed by atoms with E-state index < -0.39 is 5.97 Å². The molecule has 0 amide bonds. The molecule has 0 saturated carbocycles. The maximum absolute atomic E-state index is 11.9. The third-order valence-corrected chi connectivity index (χ3v) is 5.05. The molecule has 1 N–H and O–H groups in total. The van der Waals surface area contributed by atoms with Crippen molar-refractivity contribution in [3.63, 3.8) is 0 Å². The Balaban J connectivity index is 2.38. The van der Waals surface area contributed by atoms with E-state index in [2.05, 4.69) is 22.6 Å². The van der Waals surface area contributed by atoms with E-state index in [1.807, 2.05) is 67.1 Å². The topological polar surface area (TPSA) is 42.2 Å². The molecule has 1 aromatic heterocycles. The van der Waals surface area contributed by atoms with Crippen LogP contribution in [-0.4, -0.2) is 15.6 Å². The molecule has 3 nitrogen and oxygen atoms in total. The van der Waals surface area contributed by atoms with Crippen LogP contribution >= 0.6 is 34.2 Å². The van der Waals surface area contributed by atoms with Crippen molar-refractivity contribution in [3.05, 3.63) is 68.4 Å². The second kappa shape index (κ2) is 6.61. The van der Waals surface area contributed by atoms with Gasteiger partial charge in [0.15, 0.2) is 0 Å². The Morgan fingerprint density at radius 2 is 1.79 bits per heavy atom. The number of hydrogen-bond acceptors (Lipinski definition) is 1. The van der Waals surface area contributed by atoms with Gasteiger partial charge >= 0.3 is 5.97 Å². The summed E-state index contributed by atoms with van der Waals surface area (Å²) in [4.78, 5) is 11.9. The number of carboxylic acid groups (broad SMARTS) is 1. The van der Waals surface area contributed by atoms with Gasteiger partial charge in [-0.1, -0.05) is 35.9 Å². The van der Waals surface area contributed by atoms with Gasteiger partial charge < -0.3 is 9.67 Å². The fraction of sp³-hybridized carbons (Fsp3) is 0.105. The van der Waals surface area contributed by atoms with Crippen LogP contribution < -0.4 is 0 Å². The molecule has 0 bridgehead atoms. The van der Waals surface area contributed by atoms with Crippen LogP contribution in [-0.2, 0) is 7.05 Å². The molecule has 122 valence electrons. The van der Waals surface area contributed by atoms with Crippen molar-refractivity contribution in [2.75, 3.05) is 0 Å². The fourth-order valence-corrected chi connectivity index (χ4v) is 3.60. The molecule has 3 rings (SSSR count). The lowest BCUT2D eigenvalue weighted by molar-refractivity contribution is 0.0697. The summed E-state index contributed by atoms with van der Waals surface area (Å²) in [5.41, 5.74) is 4.51. The van der Waals surface area contributed by atoms with Gasteiger partial charge in [0, 0.05) is 26.9 Å². The first-order valence-corrected chi connectivity index (χ1v) is 8.80. The minimum Gasteiger partial charge on any atom is -0.478 e. The molecule has 0 aliphatic heterocycles. The summed E-state index contributed by atoms with van der Waals surface area (Å²) in [6, 6.07) is 15.3. The average Bonchev–Trinajstić information content (AvgIpc) is 2.80. The molecule has 0 aliphatic carbocycles. The predicted molar refractivity (Wildman–Crippen MR) is 106 cm³/mol. The van der Waals surface area contributed by atoms with Gasteiger partial charge in [0.05, 0.1) is 11.3 Å². The Bertz CT molecular complexity index is 929. The summed E-state index contributed by atoms with van der Waals surface area (Å²) in [6.07, 6.45) is 0. The van der Waals surface area contributed by atoms with E-state index in [-0.39, 0.29) is 0 Å². The second-order valence-corrected chi connectivity index (χ2v) is 7.25. The molecule has 2 aromatic carbocycles. The number of benzene rings is 2. The SMILES string of the molecule is Cc1c(C(=O)O)c(-c2cccc(I)c2)c(-c2ccc(Cl)cc2)n1C. The van der Waals surface area contributed by atoms with E-state index in [1.165, 1.54) is 0 Å². The van der Waals surface area contributed by atoms with E-state index in [4.69, 9.17) is 11.6 Å². The van der Waals surface area contributed by atoms with Crippen molar-refractivity contribution in [1.82, 2.24) is 4.57 Å². The Labute approximate surface area is 159 Å². The van der Waals surface area contributed by atoms with Crippen LogP contribution in [0.25, 0.3) is 22.4 Å². The van der Waals surface area contributed by atoms with Crippen LogP contribution in [0.5, 0.6) is 0 Å². The van der Waals surface area contributed by atoms with Crippen molar-refractivity contribution < 1.29 is 9.90 Å². The molecule has 0 aliphatic rings. The molecule has 0 atom stereocenters. The Morgan fingerprint density at radius 3 is 2.38 bits per heavy atom. The number of hydrogen-bond donors (Lipinski definition) is 1. The second-order valence-electron chi connectivity index (χ2n) is 5.57. The monoisotopic (exact) mass is 451 g/mol. The van der Waals surface area contributed by atoms with Crippen LogP contribution in [0.2, 0.25) is 5.02 Å². The summed E-state index contributed by atoms with van der Waals surface area (Å²) in [5.74, 6) is -0.919. The van der Waals surface area contributed by atoms with Crippen molar-refractivity contribution in [1.29, 1.82) is 0 Å². The first-order chi connectivity index (χ1) is 11.4. The number of aromatic carboxylic acids is 1. The normalized spacial score (nSPS) is 10.8. The zero-order valence-corrected chi connectivity index (χ0v) is 16.1. The van der Waals surface area contributed by atoms with Crippen LogP contribution in [0.15, 0.2) is 48.5 Å². The maximum Gasteiger partial charge on any atom is 0.338 e. The third-order valence-electron chi connectivity index (χ3n) is 4.13. The van der Waals surface area contributed by atoms with Crippen molar-refractivity contribution in [2.45, 2.75) is 6.92 Å². The van der Waals surface area contributed by atoms with E-state index >= 15 is 0 Å². The quantitative estimate of drug-likeness (QED) is 0.525. The Kier molecular flexibility index (Phi) is 4.69. The van der Waals surface area contributed by atoms with Crippen LogP contribution in [0.3, 0.4) is 0 Å². The minimum absolute atomic E-state index is 0.337. The first-order valence-electron chi connectivity index (χ1n) is 7.34. The average molecular weight is 452 g/mol. The third kappa shape index (κ3) is 2.96. The molecular weight excluding hydrogens is 437 g/mol. The van der Waals surface area contributed by atoms with Gasteiger partial charge in [0.25, 0.3) is 0 Å². The molecule has 5 heteroatoms. The number of aromatic nitrogens is 1. The van der Waals surface area contributed by atoms with Gasteiger partial charge in [-0.25, -0.2) is 4.79 Å². The lowest BCUT2D eigenvalue weighted by Gasteiger charge is -2.10. The first kappa shape index (κ1) is 17.0. The largest absolute Gasteiger partial charge is 0.478 e. The minimum atomic E-state index is -0.919. The van der Waals surface area contributed by atoms with Gasteiger partial charge in [0.1, 0.15) is 0 Å². The highest BCUT2D eigenvalue weighted by molar-refractivity contribution is 14.1. The van der Waals surface area contributed by atoms with Gasteiger partial charge in [-0.15, -0.1) is 0 Å². The van der Waals surface area contributed by atoms with Gasteiger partial charge in [-0.2, -0.15) is 0 Å². The molecule has 24 heavy (non-hydrogen) atoms. The smallest absolute Gasteiger partial charge is 0.338 e. The van der Waals surface area contributed by atoms with E-state index in [9.17, 15) is 9.90 Å². The van der Waals surface area contributed by atoms with Crippen molar-refractivity contribution in [3.8, 4) is 22.4 Å². The molecule has 0 spiro atoms. The number of nitrogens with zero attached hydrogens (tertiary/aromatic N) is 1. The highest BCUT2D eigenvalue weighted by atomic mass is 127. The van der Waals surface area contributed by atoms with Crippen LogP contribution in [0, 0.1) is 10.5 Å². The summed E-state index contributed by atoms with van der Waals surface area (Å²) >= 11 is 8.24. The van der Waals surface area contributed by atoms with E-state index in [1.54, 1.807) is 0 Å². The molecule has 0 fully saturated rings. The zero-order valence-electron chi connectivity index (χ0n) is 13.2. The highest BCUT2D eigenvalue weighted by Gasteiger charge is 2.25. The predicted octanol–water partition coefficient (Wildman–Crippen LogP) is 5.62. The molecule has 0 saturated heterocycles. The van der Waals surface area contributed by atoms with Gasteiger partial charge in [-0.3, -0.25) is 0 Å². The number of rotatable bonds is 3. The Hall–Kier alpha value is -1.79. The lowest BCUT2D eigenvalue weighted by atomic mass is 9.97. The van der Waals surface area contributed by atoms with Gasteiger partial charge in [0.2, 0.25) is 0 Å². The molecular formula is C19H15ClINO2. The summed E-state index contributed by atoms with van der Waals surface area (Å²) < 4.78 is 2.99. The number of halogens is 2. The van der Waals surface area contributed by atoms with Crippen molar-refractivity contribution >= 4 is 40.2 Å². The van der Waals surface area contributed by atoms with Crippen molar-refractivity contribution in [2.24, 2.45) is 7.05 Å². The summed E-state index contributed by atoms with van der Waals surface area (Å²) in [7, 11) is 1.89. The Morgan fingerprint density at radius 1 is 1.12 bits per heavy atom. The summed E-state index contributed by atoms with van der Waals surface area (Å²) in [5, 5.41) is 10.4. The number of carboxylic acids is 1. The summed E-state index contributed by atoms with van der Waals surface area (Å²) in [6.45, 7) is 1.83. The molecule has 3 aromatic rings. The zero-order chi connectivity index (χ0) is 17.4. The fourth-order valence-electron chi connectivity index (χ4n) is 2.93. The molecule has 0 unspecified atom stereocenters. The number of carbonyl (C=O) groups is 1.